The van der Waals surface area contributed by atoms with Gasteiger partial charge in [-0.05, 0) is 37.0 Å². The van der Waals surface area contributed by atoms with Gasteiger partial charge < -0.3 is 10.1 Å². The number of anilines is 1. The highest BCUT2D eigenvalue weighted by Crippen LogP contribution is 2.33. The van der Waals surface area contributed by atoms with Gasteiger partial charge in [0.25, 0.3) is 0 Å². The highest BCUT2D eigenvalue weighted by Gasteiger charge is 2.34. The molecule has 1 aliphatic heterocycles. The molecule has 6 heteroatoms. The summed E-state index contributed by atoms with van der Waals surface area (Å²) in [4.78, 5) is 0. The molecule has 0 saturated carbocycles. The molecule has 1 aromatic rings. The van der Waals surface area contributed by atoms with Gasteiger partial charge in [-0.15, -0.1) is 0 Å². The third-order valence-corrected chi connectivity index (χ3v) is 3.12. The number of ether oxygens (including phenoxy) is 1. The molecule has 1 aliphatic rings. The van der Waals surface area contributed by atoms with Crippen LogP contribution in [0, 0.1) is 11.7 Å². The number of nitrogens with one attached hydrogen (secondary N) is 1. The van der Waals surface area contributed by atoms with Gasteiger partial charge in [0.15, 0.2) is 0 Å². The summed E-state index contributed by atoms with van der Waals surface area (Å²) in [6, 6.07) is 2.95. The number of halogens is 4. The molecule has 2 nitrogen and oxygen atoms in total. The Hall–Kier alpha value is -1.30. The molecule has 1 atom stereocenters. The van der Waals surface area contributed by atoms with E-state index >= 15 is 0 Å². The van der Waals surface area contributed by atoms with Crippen molar-refractivity contribution >= 4 is 5.69 Å². The molecule has 0 aliphatic carbocycles. The van der Waals surface area contributed by atoms with Gasteiger partial charge in [0.05, 0.1) is 12.2 Å². The molecule has 0 spiro atoms. The smallest absolute Gasteiger partial charge is 0.385 e. The summed E-state index contributed by atoms with van der Waals surface area (Å²) in [6.07, 6.45) is -2.72. The lowest BCUT2D eigenvalue weighted by Crippen LogP contribution is -2.24. The molecule has 0 amide bonds. The zero-order valence-electron chi connectivity index (χ0n) is 10.3. The molecule has 1 heterocycles. The predicted octanol–water partition coefficient (Wildman–Crippen LogP) is 3.68. The zero-order chi connectivity index (χ0) is 13.9. The summed E-state index contributed by atoms with van der Waals surface area (Å²) in [6.45, 7) is 1.88. The second-order valence-electron chi connectivity index (χ2n) is 4.66. The summed E-state index contributed by atoms with van der Waals surface area (Å²) >= 11 is 0. The van der Waals surface area contributed by atoms with Crippen LogP contribution in [0.5, 0.6) is 0 Å². The Morgan fingerprint density at radius 1 is 1.32 bits per heavy atom. The minimum Gasteiger partial charge on any atom is -0.385 e. The van der Waals surface area contributed by atoms with Gasteiger partial charge in [-0.25, -0.2) is 4.39 Å². The number of rotatable bonds is 3. The summed E-state index contributed by atoms with van der Waals surface area (Å²) in [5, 5.41) is 2.91. The van der Waals surface area contributed by atoms with Crippen LogP contribution in [0.25, 0.3) is 0 Å². The van der Waals surface area contributed by atoms with E-state index in [1.807, 2.05) is 0 Å². The van der Waals surface area contributed by atoms with Crippen molar-refractivity contribution in [3.8, 4) is 0 Å². The van der Waals surface area contributed by atoms with Crippen LogP contribution in [-0.2, 0) is 10.9 Å². The second kappa shape index (κ2) is 5.77. The molecule has 1 aromatic carbocycles. The first-order valence-electron chi connectivity index (χ1n) is 6.15. The average molecular weight is 277 g/mol. The SMILES string of the molecule is Fc1ccc(NCC2CCCOC2)cc1C(F)(F)F. The normalized spacial score (nSPS) is 20.3. The van der Waals surface area contributed by atoms with Crippen molar-refractivity contribution < 1.29 is 22.3 Å². The molecule has 19 heavy (non-hydrogen) atoms. The zero-order valence-corrected chi connectivity index (χ0v) is 10.3. The van der Waals surface area contributed by atoms with Gasteiger partial charge >= 0.3 is 6.18 Å². The molecule has 0 aromatic heterocycles. The Morgan fingerprint density at radius 3 is 2.74 bits per heavy atom. The topological polar surface area (TPSA) is 21.3 Å². The van der Waals surface area contributed by atoms with Gasteiger partial charge in [-0.3, -0.25) is 0 Å². The fourth-order valence-electron chi connectivity index (χ4n) is 2.08. The molecule has 0 radical (unpaired) electrons. The number of benzene rings is 1. The first-order chi connectivity index (χ1) is 8.97. The fourth-order valence-corrected chi connectivity index (χ4v) is 2.08. The predicted molar refractivity (Wildman–Crippen MR) is 63.4 cm³/mol. The van der Waals surface area contributed by atoms with Gasteiger partial charge in [0.2, 0.25) is 0 Å². The molecule has 0 bridgehead atoms. The Labute approximate surface area is 108 Å². The van der Waals surface area contributed by atoms with Gasteiger partial charge in [0.1, 0.15) is 5.82 Å². The lowest BCUT2D eigenvalue weighted by Gasteiger charge is -2.23. The van der Waals surface area contributed by atoms with E-state index in [0.717, 1.165) is 31.6 Å². The summed E-state index contributed by atoms with van der Waals surface area (Å²) in [7, 11) is 0. The molecule has 2 rings (SSSR count). The van der Waals surface area contributed by atoms with Gasteiger partial charge in [0, 0.05) is 18.8 Å². The average Bonchev–Trinajstić information content (AvgIpc) is 2.37. The van der Waals surface area contributed by atoms with Gasteiger partial charge in [-0.1, -0.05) is 0 Å². The summed E-state index contributed by atoms with van der Waals surface area (Å²) in [5.74, 6) is -0.966. The largest absolute Gasteiger partial charge is 0.419 e. The monoisotopic (exact) mass is 277 g/mol. The molecular weight excluding hydrogens is 262 g/mol. The van der Waals surface area contributed by atoms with Crippen molar-refractivity contribution in [2.24, 2.45) is 5.92 Å². The molecule has 106 valence electrons. The van der Waals surface area contributed by atoms with E-state index in [4.69, 9.17) is 4.74 Å². The number of alkyl halides is 3. The van der Waals surface area contributed by atoms with Crippen LogP contribution >= 0.6 is 0 Å². The quantitative estimate of drug-likeness (QED) is 0.851. The minimum atomic E-state index is -4.67. The van der Waals surface area contributed by atoms with Crippen molar-refractivity contribution in [2.45, 2.75) is 19.0 Å². The van der Waals surface area contributed by atoms with E-state index < -0.39 is 17.6 Å². The van der Waals surface area contributed by atoms with Crippen LogP contribution in [0.3, 0.4) is 0 Å². The number of hydrogen-bond acceptors (Lipinski definition) is 2. The third kappa shape index (κ3) is 3.83. The van der Waals surface area contributed by atoms with E-state index in [-0.39, 0.29) is 11.6 Å². The van der Waals surface area contributed by atoms with Crippen molar-refractivity contribution in [3.63, 3.8) is 0 Å². The Balaban J connectivity index is 2.00. The first-order valence-corrected chi connectivity index (χ1v) is 6.15. The molecule has 1 unspecified atom stereocenters. The van der Waals surface area contributed by atoms with E-state index in [9.17, 15) is 17.6 Å². The first kappa shape index (κ1) is 14.1. The van der Waals surface area contributed by atoms with Crippen molar-refractivity contribution in [3.05, 3.63) is 29.6 Å². The van der Waals surface area contributed by atoms with E-state index in [0.29, 0.717) is 13.2 Å². The molecule has 1 fully saturated rings. The standard InChI is InChI=1S/C13H15F4NO/c14-12-4-3-10(6-11(12)13(15,16)17)18-7-9-2-1-5-19-8-9/h3-4,6,9,18H,1-2,5,7-8H2. The van der Waals surface area contributed by atoms with Crippen LogP contribution < -0.4 is 5.32 Å². The van der Waals surface area contributed by atoms with Crippen LogP contribution in [0.15, 0.2) is 18.2 Å². The Bertz CT molecular complexity index is 427. The van der Waals surface area contributed by atoms with Crippen LogP contribution in [0.4, 0.5) is 23.2 Å². The van der Waals surface area contributed by atoms with Crippen LogP contribution in [0.2, 0.25) is 0 Å². The van der Waals surface area contributed by atoms with Crippen LogP contribution in [0.1, 0.15) is 18.4 Å². The minimum absolute atomic E-state index is 0.277. The maximum absolute atomic E-state index is 13.1. The Kier molecular flexibility index (Phi) is 4.29. The highest BCUT2D eigenvalue weighted by molar-refractivity contribution is 5.47. The maximum atomic E-state index is 13.1. The van der Waals surface area contributed by atoms with E-state index in [1.54, 1.807) is 0 Å². The van der Waals surface area contributed by atoms with E-state index in [1.165, 1.54) is 6.07 Å². The second-order valence-corrected chi connectivity index (χ2v) is 4.66. The van der Waals surface area contributed by atoms with Crippen molar-refractivity contribution in [1.82, 2.24) is 0 Å². The molecular formula is C13H15F4NO. The summed E-state index contributed by atoms with van der Waals surface area (Å²) in [5.41, 5.74) is -0.961. The Morgan fingerprint density at radius 2 is 2.11 bits per heavy atom. The highest BCUT2D eigenvalue weighted by atomic mass is 19.4. The van der Waals surface area contributed by atoms with Crippen molar-refractivity contribution in [2.75, 3.05) is 25.1 Å². The maximum Gasteiger partial charge on any atom is 0.419 e. The van der Waals surface area contributed by atoms with Gasteiger partial charge in [-0.2, -0.15) is 13.2 Å². The lowest BCUT2D eigenvalue weighted by atomic mass is 10.0. The summed E-state index contributed by atoms with van der Waals surface area (Å²) < 4.78 is 56.0. The van der Waals surface area contributed by atoms with Crippen molar-refractivity contribution in [1.29, 1.82) is 0 Å². The third-order valence-electron chi connectivity index (χ3n) is 3.12. The van der Waals surface area contributed by atoms with Crippen LogP contribution in [-0.4, -0.2) is 19.8 Å². The molecule has 1 N–H and O–H groups in total. The molecule has 1 saturated heterocycles. The lowest BCUT2D eigenvalue weighted by molar-refractivity contribution is -0.139. The fraction of sp³-hybridized carbons (Fsp3) is 0.538. The van der Waals surface area contributed by atoms with E-state index in [2.05, 4.69) is 5.32 Å². The number of hydrogen-bond donors (Lipinski definition) is 1.